The van der Waals surface area contributed by atoms with Crippen LogP contribution in [0.2, 0.25) is 0 Å². The molecule has 1 saturated heterocycles. The minimum atomic E-state index is -3.99. The van der Waals surface area contributed by atoms with E-state index in [1.807, 2.05) is 30.4 Å². The highest BCUT2D eigenvalue weighted by Crippen LogP contribution is 2.57. The van der Waals surface area contributed by atoms with E-state index in [9.17, 15) is 36.4 Å². The van der Waals surface area contributed by atoms with Gasteiger partial charge in [0.1, 0.15) is 18.0 Å². The number of nitrogens with one attached hydrogen (secondary N) is 2. The highest BCUT2D eigenvalue weighted by atomic mass is 32.2. The number of ketones is 1. The Morgan fingerprint density at radius 2 is 1.80 bits per heavy atom. The number of Topliss-reactive ketones (excluding diaryl/α,β-unsaturated/α-hetero) is 1. The van der Waals surface area contributed by atoms with Crippen LogP contribution in [0.15, 0.2) is 66.7 Å². The lowest BCUT2D eigenvalue weighted by Gasteiger charge is -2.29. The summed E-state index contributed by atoms with van der Waals surface area (Å²) in [4.78, 5) is 62.6. The van der Waals surface area contributed by atoms with Gasteiger partial charge in [0.05, 0.1) is 33.1 Å². The van der Waals surface area contributed by atoms with Crippen molar-refractivity contribution in [3.05, 3.63) is 82.6 Å². The van der Waals surface area contributed by atoms with E-state index in [2.05, 4.69) is 10.0 Å². The van der Waals surface area contributed by atoms with Gasteiger partial charge in [-0.3, -0.25) is 23.9 Å². The molecule has 294 valence electrons. The monoisotopic (exact) mass is 804 g/mol. The number of hydrogen-bond donors (Lipinski definition) is 2. The standard InChI is InChI=1S/C41H42F2N4O7S2/c1-40(17-18-40)56(52,53)46-39(51)41-21-24(41)9-5-3-2-4-6-12-31(44-36(49)34-15-16-35(43)55-34)38(50)47-23-26(20-32(47)33(48)22-41)54-37-29-19-25(42)13-14-27(29)28-10-7-8-11-30(28)45-37/h5,7-11,13-16,19,24,26,31-32H,2-4,6,12,17-18,20-23H2,1H3,(H,44,49)(H,46,51)/b9-5-/t24-,26-,31+,32+,41-/m1/s1. The van der Waals surface area contributed by atoms with Gasteiger partial charge < -0.3 is 15.0 Å². The van der Waals surface area contributed by atoms with Gasteiger partial charge in [0.15, 0.2) is 10.9 Å². The van der Waals surface area contributed by atoms with Crippen LogP contribution in [0.4, 0.5) is 8.78 Å². The lowest BCUT2D eigenvalue weighted by atomic mass is 9.91. The molecule has 2 aliphatic heterocycles. The molecule has 2 aliphatic carbocycles. The largest absolute Gasteiger partial charge is 0.472 e. The second kappa shape index (κ2) is 14.6. The van der Waals surface area contributed by atoms with Crippen molar-refractivity contribution in [1.82, 2.24) is 19.9 Å². The Kier molecular flexibility index (Phi) is 9.96. The number of pyridine rings is 1. The second-order valence-corrected chi connectivity index (χ2v) is 19.0. The lowest BCUT2D eigenvalue weighted by Crippen LogP contribution is -2.52. The molecule has 2 N–H and O–H groups in total. The Morgan fingerprint density at radius 1 is 1.00 bits per heavy atom. The van der Waals surface area contributed by atoms with E-state index < -0.39 is 72.8 Å². The Balaban J connectivity index is 1.13. The number of carbonyl (C=O) groups excluding carboxylic acids is 4. The number of carbonyl (C=O) groups is 4. The average Bonchev–Trinajstić information content (AvgIpc) is 3.97. The molecule has 3 fully saturated rings. The molecule has 2 aromatic heterocycles. The molecule has 2 aromatic carbocycles. The number of sulfonamides is 1. The maximum absolute atomic E-state index is 14.7. The SMILES string of the molecule is CC1(S(=O)(=O)NC(=O)[C@]23CC(=O)[C@@H]4C[C@@H](Oc5nc6ccccc6c6ccc(F)cc56)CN4C(=O)[C@@H](NC(=O)c4ccc(F)s4)CCCCC/C=C\[C@@H]2C3)CC1. The van der Waals surface area contributed by atoms with Crippen molar-refractivity contribution >= 4 is 66.5 Å². The zero-order valence-electron chi connectivity index (χ0n) is 30.8. The molecule has 4 heterocycles. The summed E-state index contributed by atoms with van der Waals surface area (Å²) >= 11 is 0.656. The van der Waals surface area contributed by atoms with Gasteiger partial charge in [0.25, 0.3) is 5.91 Å². The second-order valence-electron chi connectivity index (χ2n) is 15.8. The van der Waals surface area contributed by atoms with Gasteiger partial charge in [-0.15, -0.1) is 11.3 Å². The molecule has 4 aromatic rings. The fourth-order valence-electron chi connectivity index (χ4n) is 8.10. The topological polar surface area (TPSA) is 152 Å². The smallest absolute Gasteiger partial charge is 0.262 e. The quantitative estimate of drug-likeness (QED) is 0.162. The number of allylic oxidation sites excluding steroid dienone is 2. The number of benzene rings is 2. The maximum Gasteiger partial charge on any atom is 0.262 e. The van der Waals surface area contributed by atoms with E-state index in [1.165, 1.54) is 29.2 Å². The van der Waals surface area contributed by atoms with Crippen molar-refractivity contribution in [3.8, 4) is 5.88 Å². The predicted octanol–water partition coefficient (Wildman–Crippen LogP) is 6.36. The number of fused-ring (bicyclic) bond motifs is 5. The highest BCUT2D eigenvalue weighted by Gasteiger charge is 2.62. The number of amides is 3. The van der Waals surface area contributed by atoms with Crippen molar-refractivity contribution in [2.24, 2.45) is 11.3 Å². The van der Waals surface area contributed by atoms with E-state index in [0.717, 1.165) is 18.2 Å². The van der Waals surface area contributed by atoms with Crippen LogP contribution in [0, 0.1) is 22.3 Å². The summed E-state index contributed by atoms with van der Waals surface area (Å²) in [6.45, 7) is 1.50. The van der Waals surface area contributed by atoms with Crippen molar-refractivity contribution in [3.63, 3.8) is 0 Å². The van der Waals surface area contributed by atoms with Crippen LogP contribution >= 0.6 is 11.3 Å². The summed E-state index contributed by atoms with van der Waals surface area (Å²) < 4.78 is 62.7. The van der Waals surface area contributed by atoms with Gasteiger partial charge in [-0.2, -0.15) is 4.39 Å². The molecular formula is C41H42F2N4O7S2. The number of rotatable bonds is 7. The van der Waals surface area contributed by atoms with Crippen molar-refractivity contribution in [2.75, 3.05) is 6.54 Å². The van der Waals surface area contributed by atoms with E-state index >= 15 is 0 Å². The van der Waals surface area contributed by atoms with Gasteiger partial charge in [-0.25, -0.2) is 17.8 Å². The molecule has 0 radical (unpaired) electrons. The molecule has 2 saturated carbocycles. The first kappa shape index (κ1) is 38.1. The van der Waals surface area contributed by atoms with Crippen LogP contribution in [0.3, 0.4) is 0 Å². The summed E-state index contributed by atoms with van der Waals surface area (Å²) in [6.07, 6.45) is 6.82. The lowest BCUT2D eigenvalue weighted by molar-refractivity contribution is -0.140. The summed E-state index contributed by atoms with van der Waals surface area (Å²) in [5, 5.41) is 4.14. The number of hydrogen-bond acceptors (Lipinski definition) is 9. The van der Waals surface area contributed by atoms with E-state index in [0.29, 0.717) is 53.3 Å². The third kappa shape index (κ3) is 7.31. The number of thiophene rings is 1. The van der Waals surface area contributed by atoms with Crippen molar-refractivity contribution < 1.29 is 41.1 Å². The van der Waals surface area contributed by atoms with Gasteiger partial charge in [0.2, 0.25) is 27.7 Å². The zero-order chi connectivity index (χ0) is 39.4. The maximum atomic E-state index is 14.7. The summed E-state index contributed by atoms with van der Waals surface area (Å²) in [5.74, 6) is -3.09. The molecule has 0 bridgehead atoms. The Hall–Kier alpha value is -4.76. The van der Waals surface area contributed by atoms with E-state index in [1.54, 1.807) is 19.1 Å². The van der Waals surface area contributed by atoms with Crippen LogP contribution in [0.1, 0.15) is 80.8 Å². The van der Waals surface area contributed by atoms with E-state index in [4.69, 9.17) is 9.72 Å². The molecule has 0 spiro atoms. The molecule has 11 nitrogen and oxygen atoms in total. The minimum Gasteiger partial charge on any atom is -0.472 e. The van der Waals surface area contributed by atoms with Gasteiger partial charge >= 0.3 is 0 Å². The van der Waals surface area contributed by atoms with Gasteiger partial charge in [-0.1, -0.05) is 49.3 Å². The third-order valence-corrected chi connectivity index (χ3v) is 14.9. The number of ether oxygens (including phenoxy) is 1. The number of nitrogens with zero attached hydrogens (tertiary/aromatic N) is 2. The average molecular weight is 805 g/mol. The fraction of sp³-hybridized carbons (Fsp3) is 0.439. The minimum absolute atomic E-state index is 0.00126. The molecule has 8 rings (SSSR count). The molecule has 3 amide bonds. The van der Waals surface area contributed by atoms with Crippen LogP contribution in [0.5, 0.6) is 5.88 Å². The number of halogens is 2. The molecule has 4 aliphatic rings. The Morgan fingerprint density at radius 3 is 2.57 bits per heavy atom. The molecular weight excluding hydrogens is 763 g/mol. The highest BCUT2D eigenvalue weighted by molar-refractivity contribution is 7.91. The predicted molar refractivity (Wildman–Crippen MR) is 206 cm³/mol. The molecule has 0 unspecified atom stereocenters. The first-order chi connectivity index (χ1) is 26.8. The summed E-state index contributed by atoms with van der Waals surface area (Å²) in [6, 6.07) is 12.0. The Labute approximate surface area is 326 Å². The zero-order valence-corrected chi connectivity index (χ0v) is 32.4. The number of para-hydroxylation sites is 1. The van der Waals surface area contributed by atoms with Crippen LogP contribution in [-0.4, -0.2) is 71.3 Å². The van der Waals surface area contributed by atoms with Crippen molar-refractivity contribution in [2.45, 2.75) is 94.1 Å². The summed E-state index contributed by atoms with van der Waals surface area (Å²) in [7, 11) is -3.99. The van der Waals surface area contributed by atoms with E-state index in [-0.39, 0.29) is 48.9 Å². The van der Waals surface area contributed by atoms with Crippen LogP contribution in [-0.2, 0) is 24.4 Å². The third-order valence-electron chi connectivity index (χ3n) is 11.9. The van der Waals surface area contributed by atoms with Crippen LogP contribution in [0.25, 0.3) is 21.7 Å². The molecule has 15 heteroatoms. The molecule has 5 atom stereocenters. The fourth-order valence-corrected chi connectivity index (χ4v) is 10.1. The summed E-state index contributed by atoms with van der Waals surface area (Å²) in [5.41, 5.74) is -0.727. The number of aromatic nitrogens is 1. The normalized spacial score (nSPS) is 27.1. The first-order valence-electron chi connectivity index (χ1n) is 19.0. The van der Waals surface area contributed by atoms with Gasteiger partial charge in [-0.05, 0) is 87.1 Å². The van der Waals surface area contributed by atoms with Crippen LogP contribution < -0.4 is 14.8 Å². The Bertz CT molecular complexity index is 2400. The molecule has 56 heavy (non-hydrogen) atoms. The van der Waals surface area contributed by atoms with Gasteiger partial charge in [0, 0.05) is 23.6 Å². The first-order valence-corrected chi connectivity index (χ1v) is 21.3. The van der Waals surface area contributed by atoms with Crippen molar-refractivity contribution in [1.29, 1.82) is 0 Å².